The summed E-state index contributed by atoms with van der Waals surface area (Å²) in [5.74, 6) is -1.81. The third kappa shape index (κ3) is 1.88. The maximum atomic E-state index is 10.1. The lowest BCUT2D eigenvalue weighted by atomic mass is 10.1. The first kappa shape index (κ1) is 8.39. The summed E-state index contributed by atoms with van der Waals surface area (Å²) >= 11 is 0. The summed E-state index contributed by atoms with van der Waals surface area (Å²) in [6, 6.07) is 3.82. The summed E-state index contributed by atoms with van der Waals surface area (Å²) in [7, 11) is 0. The normalized spacial score (nSPS) is 9.67. The van der Waals surface area contributed by atoms with Crippen LogP contribution < -0.4 is 5.11 Å². The number of carboxylic acid groups (broad SMARTS) is 1. The Bertz CT molecular complexity index is 306. The number of carbonyl (C=O) groups is 1. The predicted octanol–water partition coefficient (Wildman–Crippen LogP) is -0.610. The Morgan fingerprint density at radius 2 is 2.00 bits per heavy atom. The minimum absolute atomic E-state index is 0.267. The zero-order chi connectivity index (χ0) is 9.14. The van der Waals surface area contributed by atoms with Crippen LogP contribution in [-0.4, -0.2) is 16.2 Å². The van der Waals surface area contributed by atoms with E-state index in [4.69, 9.17) is 10.2 Å². The summed E-state index contributed by atoms with van der Waals surface area (Å²) in [5, 5.41) is 27.9. The second-order valence-electron chi connectivity index (χ2n) is 2.37. The van der Waals surface area contributed by atoms with E-state index < -0.39 is 5.97 Å². The molecule has 0 bridgehead atoms. The van der Waals surface area contributed by atoms with Gasteiger partial charge in [0.05, 0.1) is 0 Å². The largest absolute Gasteiger partial charge is 0.550 e. The van der Waals surface area contributed by atoms with Crippen LogP contribution in [0.25, 0.3) is 0 Å². The maximum absolute atomic E-state index is 10.1. The standard InChI is InChI=1S/C8H8O4/c9-6-2-1-5(3-7(6)10)4-8(11)12/h1-3,9-10H,4H2,(H,11,12)/p-1. The summed E-state index contributed by atoms with van der Waals surface area (Å²) < 4.78 is 0. The Morgan fingerprint density at radius 1 is 1.33 bits per heavy atom. The highest BCUT2D eigenvalue weighted by Gasteiger charge is 1.99. The first-order chi connectivity index (χ1) is 5.59. The summed E-state index contributed by atoms with van der Waals surface area (Å²) in [6.45, 7) is 0. The van der Waals surface area contributed by atoms with E-state index in [9.17, 15) is 9.90 Å². The van der Waals surface area contributed by atoms with Crippen molar-refractivity contribution >= 4 is 5.97 Å². The van der Waals surface area contributed by atoms with Crippen LogP contribution in [0.4, 0.5) is 0 Å². The van der Waals surface area contributed by atoms with Crippen LogP contribution in [-0.2, 0) is 11.2 Å². The molecule has 2 N–H and O–H groups in total. The number of rotatable bonds is 2. The Kier molecular flexibility index (Phi) is 2.19. The van der Waals surface area contributed by atoms with Gasteiger partial charge in [0, 0.05) is 12.4 Å². The van der Waals surface area contributed by atoms with Gasteiger partial charge in [-0.05, 0) is 17.7 Å². The number of phenols is 2. The highest BCUT2D eigenvalue weighted by molar-refractivity contribution is 5.68. The molecule has 0 fully saturated rings. The molecular formula is C8H7O4-. The van der Waals surface area contributed by atoms with Crippen molar-refractivity contribution < 1.29 is 20.1 Å². The fourth-order valence-corrected chi connectivity index (χ4v) is 0.846. The Hall–Kier alpha value is -1.71. The number of hydrogen-bond acceptors (Lipinski definition) is 4. The average Bonchev–Trinajstić information content (AvgIpc) is 1.96. The van der Waals surface area contributed by atoms with Crippen molar-refractivity contribution in [3.8, 4) is 11.5 Å². The first-order valence-corrected chi connectivity index (χ1v) is 3.30. The Labute approximate surface area is 68.7 Å². The van der Waals surface area contributed by atoms with Crippen molar-refractivity contribution in [1.82, 2.24) is 0 Å². The molecule has 1 aromatic carbocycles. The summed E-state index contributed by atoms with van der Waals surface area (Å²) in [4.78, 5) is 10.1. The number of phenolic OH excluding ortho intramolecular Hbond substituents is 2. The number of aliphatic carboxylic acids is 1. The molecule has 0 aliphatic heterocycles. The van der Waals surface area contributed by atoms with Crippen molar-refractivity contribution in [3.63, 3.8) is 0 Å². The molecule has 12 heavy (non-hydrogen) atoms. The van der Waals surface area contributed by atoms with Gasteiger partial charge >= 0.3 is 0 Å². The molecule has 1 rings (SSSR count). The molecule has 4 heteroatoms. The number of benzene rings is 1. The molecule has 0 unspecified atom stereocenters. The molecule has 0 radical (unpaired) electrons. The van der Waals surface area contributed by atoms with Crippen molar-refractivity contribution in [2.75, 3.05) is 0 Å². The van der Waals surface area contributed by atoms with Gasteiger partial charge in [0.2, 0.25) is 0 Å². The first-order valence-electron chi connectivity index (χ1n) is 3.30. The number of carbonyl (C=O) groups excluding carboxylic acids is 1. The van der Waals surface area contributed by atoms with Crippen molar-refractivity contribution in [2.24, 2.45) is 0 Å². The van der Waals surface area contributed by atoms with E-state index in [0.29, 0.717) is 5.56 Å². The van der Waals surface area contributed by atoms with Gasteiger partial charge in [-0.15, -0.1) is 0 Å². The van der Waals surface area contributed by atoms with Crippen LogP contribution in [0, 0.1) is 0 Å². The molecule has 4 nitrogen and oxygen atoms in total. The molecule has 64 valence electrons. The van der Waals surface area contributed by atoms with Crippen LogP contribution in [0.3, 0.4) is 0 Å². The fourth-order valence-electron chi connectivity index (χ4n) is 0.846. The topological polar surface area (TPSA) is 80.6 Å². The lowest BCUT2D eigenvalue weighted by Gasteiger charge is -2.03. The van der Waals surface area contributed by atoms with Crippen LogP contribution in [0.15, 0.2) is 18.2 Å². The molecule has 0 amide bonds. The average molecular weight is 167 g/mol. The molecule has 0 saturated heterocycles. The van der Waals surface area contributed by atoms with Gasteiger partial charge in [-0.2, -0.15) is 0 Å². The van der Waals surface area contributed by atoms with Gasteiger partial charge in [-0.3, -0.25) is 0 Å². The zero-order valence-electron chi connectivity index (χ0n) is 6.15. The van der Waals surface area contributed by atoms with Gasteiger partial charge in [0.15, 0.2) is 11.5 Å². The monoisotopic (exact) mass is 167 g/mol. The third-order valence-electron chi connectivity index (χ3n) is 1.39. The third-order valence-corrected chi connectivity index (χ3v) is 1.39. The quantitative estimate of drug-likeness (QED) is 0.576. The van der Waals surface area contributed by atoms with E-state index in [1.807, 2.05) is 0 Å². The SMILES string of the molecule is O=C([O-])Cc1ccc(O)c(O)c1. The van der Waals surface area contributed by atoms with E-state index in [-0.39, 0.29) is 17.9 Å². The molecule has 0 spiro atoms. The lowest BCUT2D eigenvalue weighted by Crippen LogP contribution is -2.24. The highest BCUT2D eigenvalue weighted by atomic mass is 16.4. The second-order valence-corrected chi connectivity index (χ2v) is 2.37. The van der Waals surface area contributed by atoms with Gasteiger partial charge in [0.1, 0.15) is 0 Å². The summed E-state index contributed by atoms with van der Waals surface area (Å²) in [5.41, 5.74) is 0.394. The van der Waals surface area contributed by atoms with Crippen LogP contribution >= 0.6 is 0 Å². The molecule has 0 atom stereocenters. The van der Waals surface area contributed by atoms with E-state index in [1.54, 1.807) is 0 Å². The molecule has 0 aliphatic carbocycles. The van der Waals surface area contributed by atoms with Crippen molar-refractivity contribution in [2.45, 2.75) is 6.42 Å². The van der Waals surface area contributed by atoms with Crippen LogP contribution in [0.2, 0.25) is 0 Å². The minimum atomic E-state index is -1.22. The van der Waals surface area contributed by atoms with Crippen molar-refractivity contribution in [3.05, 3.63) is 23.8 Å². The molecule has 0 aromatic heterocycles. The molecular weight excluding hydrogens is 160 g/mol. The van der Waals surface area contributed by atoms with Crippen LogP contribution in [0.5, 0.6) is 11.5 Å². The van der Waals surface area contributed by atoms with Gasteiger partial charge < -0.3 is 20.1 Å². The van der Waals surface area contributed by atoms with Gasteiger partial charge in [0.25, 0.3) is 0 Å². The predicted molar refractivity (Wildman–Crippen MR) is 38.5 cm³/mol. The second kappa shape index (κ2) is 3.13. The van der Waals surface area contributed by atoms with Gasteiger partial charge in [-0.25, -0.2) is 0 Å². The number of carboxylic acids is 1. The minimum Gasteiger partial charge on any atom is -0.550 e. The van der Waals surface area contributed by atoms with E-state index in [2.05, 4.69) is 0 Å². The summed E-state index contributed by atoms with van der Waals surface area (Å²) in [6.07, 6.45) is -0.270. The van der Waals surface area contributed by atoms with Gasteiger partial charge in [-0.1, -0.05) is 6.07 Å². The number of hydrogen-bond donors (Lipinski definition) is 2. The Morgan fingerprint density at radius 3 is 2.50 bits per heavy atom. The zero-order valence-corrected chi connectivity index (χ0v) is 6.15. The van der Waals surface area contributed by atoms with E-state index in [1.165, 1.54) is 18.2 Å². The number of aromatic hydroxyl groups is 2. The molecule has 1 aromatic rings. The Balaban J connectivity index is 2.89. The van der Waals surface area contributed by atoms with E-state index in [0.717, 1.165) is 0 Å². The molecule has 0 heterocycles. The van der Waals surface area contributed by atoms with E-state index >= 15 is 0 Å². The molecule has 0 aliphatic rings. The maximum Gasteiger partial charge on any atom is 0.157 e. The lowest BCUT2D eigenvalue weighted by molar-refractivity contribution is -0.304. The van der Waals surface area contributed by atoms with Crippen LogP contribution in [0.1, 0.15) is 5.56 Å². The fraction of sp³-hybridized carbons (Fsp3) is 0.125. The molecule has 0 saturated carbocycles. The van der Waals surface area contributed by atoms with Crippen molar-refractivity contribution in [1.29, 1.82) is 0 Å². The highest BCUT2D eigenvalue weighted by Crippen LogP contribution is 2.24. The smallest absolute Gasteiger partial charge is 0.157 e.